The quantitative estimate of drug-likeness (QED) is 0.713. The van der Waals surface area contributed by atoms with Crippen molar-refractivity contribution in [2.45, 2.75) is 13.3 Å². The summed E-state index contributed by atoms with van der Waals surface area (Å²) in [7, 11) is 0. The predicted molar refractivity (Wildman–Crippen MR) is 92.1 cm³/mol. The zero-order chi connectivity index (χ0) is 17.6. The van der Waals surface area contributed by atoms with Gasteiger partial charge in [0.2, 0.25) is 0 Å². The van der Waals surface area contributed by atoms with Gasteiger partial charge in [-0.05, 0) is 30.7 Å². The maximum atomic E-state index is 12.4. The Morgan fingerprint density at radius 1 is 1.00 bits per heavy atom. The number of nitrogens with one attached hydrogen (secondary N) is 2. The molecule has 7 heteroatoms. The number of hydrogen-bond acceptors (Lipinski definition) is 4. The minimum atomic E-state index is -0.435. The Hall–Kier alpha value is -3.48. The molecule has 0 aliphatic heterocycles. The van der Waals surface area contributed by atoms with Crippen LogP contribution in [0.3, 0.4) is 0 Å². The molecule has 1 aromatic carbocycles. The number of benzene rings is 1. The van der Waals surface area contributed by atoms with Gasteiger partial charge >= 0.3 is 0 Å². The van der Waals surface area contributed by atoms with Crippen LogP contribution >= 0.6 is 0 Å². The molecular weight excluding hydrogens is 318 g/mol. The Morgan fingerprint density at radius 3 is 2.44 bits per heavy atom. The Kier molecular flexibility index (Phi) is 4.84. The van der Waals surface area contributed by atoms with Gasteiger partial charge in [-0.1, -0.05) is 25.1 Å². The lowest BCUT2D eigenvalue weighted by molar-refractivity contribution is 0.0846. The fourth-order valence-corrected chi connectivity index (χ4v) is 2.45. The second-order valence-corrected chi connectivity index (χ2v) is 5.26. The topological polar surface area (TPSA) is 88.9 Å². The fraction of sp³-hybridized carbons (Fsp3) is 0.111. The van der Waals surface area contributed by atoms with E-state index in [0.29, 0.717) is 17.5 Å². The van der Waals surface area contributed by atoms with Crippen molar-refractivity contribution in [3.8, 4) is 5.69 Å². The molecule has 0 spiro atoms. The molecular formula is C18H17N5O2. The van der Waals surface area contributed by atoms with Gasteiger partial charge in [-0.15, -0.1) is 0 Å². The number of hydrogen-bond donors (Lipinski definition) is 2. The van der Waals surface area contributed by atoms with Gasteiger partial charge in [0.25, 0.3) is 11.8 Å². The minimum absolute atomic E-state index is 0.360. The van der Waals surface area contributed by atoms with Gasteiger partial charge in [-0.25, -0.2) is 4.68 Å². The normalized spacial score (nSPS) is 10.3. The van der Waals surface area contributed by atoms with Crippen LogP contribution in [0.1, 0.15) is 33.3 Å². The summed E-state index contributed by atoms with van der Waals surface area (Å²) in [5, 5.41) is 4.30. The third-order valence-electron chi connectivity index (χ3n) is 3.66. The Bertz CT molecular complexity index is 875. The zero-order valence-electron chi connectivity index (χ0n) is 13.6. The summed E-state index contributed by atoms with van der Waals surface area (Å²) in [6.45, 7) is 1.95. The number of para-hydroxylation sites is 1. The summed E-state index contributed by atoms with van der Waals surface area (Å²) in [4.78, 5) is 28.3. The molecule has 0 fully saturated rings. The van der Waals surface area contributed by atoms with Crippen molar-refractivity contribution in [1.29, 1.82) is 0 Å². The Morgan fingerprint density at radius 2 is 1.76 bits per heavy atom. The highest BCUT2D eigenvalue weighted by Crippen LogP contribution is 2.15. The van der Waals surface area contributed by atoms with Crippen LogP contribution in [0.15, 0.2) is 61.1 Å². The zero-order valence-corrected chi connectivity index (χ0v) is 13.6. The molecule has 7 nitrogen and oxygen atoms in total. The monoisotopic (exact) mass is 335 g/mol. The minimum Gasteiger partial charge on any atom is -0.267 e. The standard InChI is InChI=1S/C18H17N5O2/c1-2-16-15(12-20-23(16)14-8-4-3-5-9-14)18(25)22-21-17(24)13-7-6-10-19-11-13/h3-12H,2H2,1H3,(H,21,24)(H,22,25). The van der Waals surface area contributed by atoms with Crippen molar-refractivity contribution in [3.05, 3.63) is 77.9 Å². The van der Waals surface area contributed by atoms with Crippen LogP contribution in [0.2, 0.25) is 0 Å². The molecule has 0 bridgehead atoms. The number of carbonyl (C=O) groups is 2. The first-order valence-corrected chi connectivity index (χ1v) is 7.83. The number of rotatable bonds is 4. The number of pyridine rings is 1. The SMILES string of the molecule is CCc1c(C(=O)NNC(=O)c2cccnc2)cnn1-c1ccccc1. The van der Waals surface area contributed by atoms with E-state index < -0.39 is 11.8 Å². The van der Waals surface area contributed by atoms with Crippen molar-refractivity contribution in [2.75, 3.05) is 0 Å². The number of hydrazine groups is 1. The van der Waals surface area contributed by atoms with Crippen LogP contribution in [-0.2, 0) is 6.42 Å². The maximum Gasteiger partial charge on any atom is 0.273 e. The predicted octanol–water partition coefficient (Wildman–Crippen LogP) is 1.90. The first kappa shape index (κ1) is 16.4. The van der Waals surface area contributed by atoms with E-state index in [4.69, 9.17) is 0 Å². The first-order valence-electron chi connectivity index (χ1n) is 7.83. The Balaban J connectivity index is 1.75. The third-order valence-corrected chi connectivity index (χ3v) is 3.66. The second kappa shape index (κ2) is 7.39. The van der Waals surface area contributed by atoms with Crippen molar-refractivity contribution >= 4 is 11.8 Å². The third kappa shape index (κ3) is 3.55. The van der Waals surface area contributed by atoms with E-state index >= 15 is 0 Å². The molecule has 0 saturated heterocycles. The van der Waals surface area contributed by atoms with Gasteiger partial charge in [0, 0.05) is 12.4 Å². The molecule has 3 rings (SSSR count). The number of carbonyl (C=O) groups excluding carboxylic acids is 2. The summed E-state index contributed by atoms with van der Waals surface area (Å²) >= 11 is 0. The van der Waals surface area contributed by atoms with Gasteiger partial charge in [-0.3, -0.25) is 25.4 Å². The van der Waals surface area contributed by atoms with Crippen LogP contribution in [0.25, 0.3) is 5.69 Å². The van der Waals surface area contributed by atoms with Gasteiger partial charge in [-0.2, -0.15) is 5.10 Å². The lowest BCUT2D eigenvalue weighted by Gasteiger charge is -2.09. The largest absolute Gasteiger partial charge is 0.273 e. The van der Waals surface area contributed by atoms with E-state index in [9.17, 15) is 9.59 Å². The highest BCUT2D eigenvalue weighted by molar-refractivity contribution is 5.99. The van der Waals surface area contributed by atoms with Crippen molar-refractivity contribution in [2.24, 2.45) is 0 Å². The summed E-state index contributed by atoms with van der Waals surface area (Å²) in [6.07, 6.45) is 5.11. The Labute approximate surface area is 144 Å². The van der Waals surface area contributed by atoms with E-state index in [0.717, 1.165) is 11.4 Å². The molecule has 0 unspecified atom stereocenters. The van der Waals surface area contributed by atoms with Crippen molar-refractivity contribution in [1.82, 2.24) is 25.6 Å². The second-order valence-electron chi connectivity index (χ2n) is 5.26. The molecule has 2 heterocycles. The average Bonchev–Trinajstić information content (AvgIpc) is 3.11. The molecule has 2 amide bonds. The summed E-state index contributed by atoms with van der Waals surface area (Å²) in [5.41, 5.74) is 7.21. The van der Waals surface area contributed by atoms with Gasteiger partial charge in [0.15, 0.2) is 0 Å². The van der Waals surface area contributed by atoms with Crippen LogP contribution in [0.5, 0.6) is 0 Å². The lowest BCUT2D eigenvalue weighted by Crippen LogP contribution is -2.41. The van der Waals surface area contributed by atoms with Gasteiger partial charge in [0.1, 0.15) is 0 Å². The molecule has 0 aliphatic carbocycles. The van der Waals surface area contributed by atoms with Crippen LogP contribution in [-0.4, -0.2) is 26.6 Å². The summed E-state index contributed by atoms with van der Waals surface area (Å²) < 4.78 is 1.72. The van der Waals surface area contributed by atoms with Crippen LogP contribution < -0.4 is 10.9 Å². The van der Waals surface area contributed by atoms with E-state index in [1.165, 1.54) is 12.4 Å². The maximum absolute atomic E-state index is 12.4. The molecule has 2 aromatic heterocycles. The molecule has 3 aromatic rings. The van der Waals surface area contributed by atoms with Crippen molar-refractivity contribution in [3.63, 3.8) is 0 Å². The van der Waals surface area contributed by atoms with Gasteiger partial charge in [0.05, 0.1) is 28.7 Å². The molecule has 0 radical (unpaired) electrons. The van der Waals surface area contributed by atoms with Crippen molar-refractivity contribution < 1.29 is 9.59 Å². The fourth-order valence-electron chi connectivity index (χ4n) is 2.45. The summed E-state index contributed by atoms with van der Waals surface area (Å²) in [5.74, 6) is -0.855. The lowest BCUT2D eigenvalue weighted by atomic mass is 10.2. The molecule has 25 heavy (non-hydrogen) atoms. The average molecular weight is 335 g/mol. The molecule has 0 aliphatic rings. The van der Waals surface area contributed by atoms with E-state index in [2.05, 4.69) is 20.9 Å². The molecule has 0 atom stereocenters. The molecule has 0 saturated carbocycles. The summed E-state index contributed by atoms with van der Waals surface area (Å²) in [6, 6.07) is 12.8. The number of amides is 2. The van der Waals surface area contributed by atoms with Crippen LogP contribution in [0.4, 0.5) is 0 Å². The smallest absolute Gasteiger partial charge is 0.267 e. The molecule has 2 N–H and O–H groups in total. The van der Waals surface area contributed by atoms with E-state index in [-0.39, 0.29) is 0 Å². The highest BCUT2D eigenvalue weighted by Gasteiger charge is 2.17. The number of nitrogens with zero attached hydrogens (tertiary/aromatic N) is 3. The highest BCUT2D eigenvalue weighted by atomic mass is 16.2. The molecule has 126 valence electrons. The first-order chi connectivity index (χ1) is 12.2. The van der Waals surface area contributed by atoms with E-state index in [1.807, 2.05) is 37.3 Å². The van der Waals surface area contributed by atoms with E-state index in [1.54, 1.807) is 23.0 Å². The van der Waals surface area contributed by atoms with Crippen LogP contribution in [0, 0.1) is 0 Å². The van der Waals surface area contributed by atoms with Gasteiger partial charge < -0.3 is 0 Å². The number of aromatic nitrogens is 3.